The van der Waals surface area contributed by atoms with Crippen LogP contribution < -0.4 is 0 Å². The Labute approximate surface area is 96.7 Å². The van der Waals surface area contributed by atoms with Crippen LogP contribution in [0.1, 0.15) is 11.1 Å². The van der Waals surface area contributed by atoms with Crippen LogP contribution in [0.25, 0.3) is 0 Å². The van der Waals surface area contributed by atoms with Gasteiger partial charge >= 0.3 is 0 Å². The zero-order valence-corrected chi connectivity index (χ0v) is 9.39. The Bertz CT molecular complexity index is 478. The van der Waals surface area contributed by atoms with E-state index in [0.29, 0.717) is 0 Å². The van der Waals surface area contributed by atoms with Gasteiger partial charge in [-0.25, -0.2) is 0 Å². The van der Waals surface area contributed by atoms with Crippen molar-refractivity contribution in [1.82, 2.24) is 0 Å². The summed E-state index contributed by atoms with van der Waals surface area (Å²) in [6, 6.07) is 8.50. The van der Waals surface area contributed by atoms with Crippen LogP contribution in [0.15, 0.2) is 61.3 Å². The number of fused-ring (bicyclic) bond motifs is 1. The van der Waals surface area contributed by atoms with E-state index in [0.717, 1.165) is 18.7 Å². The Balaban J connectivity index is 2.40. The van der Waals surface area contributed by atoms with Gasteiger partial charge in [0.05, 0.1) is 0 Å². The van der Waals surface area contributed by atoms with Crippen LogP contribution in [-0.2, 0) is 6.42 Å². The van der Waals surface area contributed by atoms with Crippen molar-refractivity contribution in [2.24, 2.45) is 0 Å². The molecule has 1 aliphatic rings. The fourth-order valence-corrected chi connectivity index (χ4v) is 1.97. The van der Waals surface area contributed by atoms with Crippen LogP contribution in [0.2, 0.25) is 0 Å². The summed E-state index contributed by atoms with van der Waals surface area (Å²) in [5, 5.41) is 0. The molecule has 0 N–H and O–H groups in total. The summed E-state index contributed by atoms with van der Waals surface area (Å²) in [5.41, 5.74) is 3.82. The van der Waals surface area contributed by atoms with Crippen molar-refractivity contribution in [3.05, 3.63) is 72.5 Å². The molecule has 2 rings (SSSR count). The van der Waals surface area contributed by atoms with E-state index < -0.39 is 0 Å². The molecular formula is C15H16N+. The summed E-state index contributed by atoms with van der Waals surface area (Å²) >= 11 is 0. The second-order valence-corrected chi connectivity index (χ2v) is 3.80. The van der Waals surface area contributed by atoms with E-state index in [9.17, 15) is 0 Å². The Hall–Kier alpha value is -1.89. The van der Waals surface area contributed by atoms with E-state index in [2.05, 4.69) is 48.2 Å². The van der Waals surface area contributed by atoms with E-state index in [4.69, 9.17) is 0 Å². The molecule has 0 aliphatic carbocycles. The van der Waals surface area contributed by atoms with Gasteiger partial charge in [-0.2, -0.15) is 4.58 Å². The van der Waals surface area contributed by atoms with E-state index in [-0.39, 0.29) is 0 Å². The van der Waals surface area contributed by atoms with Crippen molar-refractivity contribution in [2.45, 2.75) is 6.42 Å². The van der Waals surface area contributed by atoms with E-state index >= 15 is 0 Å². The van der Waals surface area contributed by atoms with E-state index in [1.807, 2.05) is 12.2 Å². The second kappa shape index (κ2) is 4.75. The first-order chi connectivity index (χ1) is 7.85. The lowest BCUT2D eigenvalue weighted by atomic mass is 10.0. The first kappa shape index (κ1) is 10.6. The maximum Gasteiger partial charge on any atom is 0.204 e. The van der Waals surface area contributed by atoms with Crippen LogP contribution in [-0.4, -0.2) is 17.3 Å². The van der Waals surface area contributed by atoms with Crippen molar-refractivity contribution in [1.29, 1.82) is 0 Å². The van der Waals surface area contributed by atoms with Gasteiger partial charge in [0, 0.05) is 24.1 Å². The van der Waals surface area contributed by atoms with Gasteiger partial charge in [-0.05, 0) is 11.6 Å². The highest BCUT2D eigenvalue weighted by atomic mass is 15.0. The van der Waals surface area contributed by atoms with Crippen molar-refractivity contribution in [2.75, 3.05) is 6.54 Å². The van der Waals surface area contributed by atoms with Gasteiger partial charge in [-0.15, -0.1) is 0 Å². The number of hydrogen-bond acceptors (Lipinski definition) is 0. The number of allylic oxidation sites excluding steroid dienone is 3. The predicted molar refractivity (Wildman–Crippen MR) is 68.9 cm³/mol. The van der Waals surface area contributed by atoms with Gasteiger partial charge in [-0.3, -0.25) is 0 Å². The van der Waals surface area contributed by atoms with Crippen LogP contribution in [0.5, 0.6) is 0 Å². The Morgan fingerprint density at radius 1 is 1.25 bits per heavy atom. The van der Waals surface area contributed by atoms with Crippen LogP contribution >= 0.6 is 0 Å². The average Bonchev–Trinajstić information content (AvgIpc) is 2.35. The summed E-state index contributed by atoms with van der Waals surface area (Å²) in [5.74, 6) is 0. The molecule has 0 fully saturated rings. The van der Waals surface area contributed by atoms with E-state index in [1.165, 1.54) is 11.1 Å². The quantitative estimate of drug-likeness (QED) is 0.533. The molecule has 0 amide bonds. The van der Waals surface area contributed by atoms with Crippen molar-refractivity contribution >= 4 is 6.21 Å². The number of hydrogen-bond donors (Lipinski definition) is 0. The molecule has 0 atom stereocenters. The maximum absolute atomic E-state index is 3.83. The van der Waals surface area contributed by atoms with Crippen molar-refractivity contribution < 1.29 is 4.58 Å². The molecule has 0 spiro atoms. The highest BCUT2D eigenvalue weighted by Crippen LogP contribution is 2.13. The van der Waals surface area contributed by atoms with Gasteiger partial charge in [0.15, 0.2) is 12.8 Å². The monoisotopic (exact) mass is 210 g/mol. The van der Waals surface area contributed by atoms with Crippen LogP contribution in [0, 0.1) is 0 Å². The number of benzene rings is 1. The molecule has 0 bridgehead atoms. The molecule has 0 unspecified atom stereocenters. The molecule has 16 heavy (non-hydrogen) atoms. The summed E-state index contributed by atoms with van der Waals surface area (Å²) in [4.78, 5) is 0. The highest BCUT2D eigenvalue weighted by molar-refractivity contribution is 5.79. The Kier molecular flexibility index (Phi) is 3.16. The van der Waals surface area contributed by atoms with Gasteiger partial charge in [-0.1, -0.05) is 37.4 Å². The lowest BCUT2D eigenvalue weighted by Gasteiger charge is -2.11. The summed E-state index contributed by atoms with van der Waals surface area (Å²) in [6.07, 6.45) is 8.90. The first-order valence-electron chi connectivity index (χ1n) is 5.49. The molecule has 1 heteroatoms. The third-order valence-corrected chi connectivity index (χ3v) is 2.80. The fraction of sp³-hybridized carbons (Fsp3) is 0.133. The van der Waals surface area contributed by atoms with Gasteiger partial charge < -0.3 is 0 Å². The minimum absolute atomic E-state index is 1.00. The molecular weight excluding hydrogens is 194 g/mol. The average molecular weight is 210 g/mol. The highest BCUT2D eigenvalue weighted by Gasteiger charge is 2.17. The first-order valence-corrected chi connectivity index (χ1v) is 5.49. The third kappa shape index (κ3) is 2.03. The zero-order valence-electron chi connectivity index (χ0n) is 9.39. The molecule has 1 aromatic carbocycles. The minimum atomic E-state index is 1.00. The lowest BCUT2D eigenvalue weighted by Crippen LogP contribution is -2.21. The SMILES string of the molecule is C=C/C=C(\C=C)[N+]1=Cc2ccccc2CC1. The van der Waals surface area contributed by atoms with Crippen molar-refractivity contribution in [3.8, 4) is 0 Å². The fourth-order valence-electron chi connectivity index (χ4n) is 1.97. The molecule has 0 saturated carbocycles. The molecule has 1 heterocycles. The second-order valence-electron chi connectivity index (χ2n) is 3.80. The van der Waals surface area contributed by atoms with Crippen LogP contribution in [0.3, 0.4) is 0 Å². The molecule has 1 aliphatic heterocycles. The molecule has 0 saturated heterocycles. The maximum atomic E-state index is 3.83. The zero-order chi connectivity index (χ0) is 11.4. The molecule has 0 aromatic heterocycles. The lowest BCUT2D eigenvalue weighted by molar-refractivity contribution is -0.467. The molecule has 80 valence electrons. The van der Waals surface area contributed by atoms with E-state index in [1.54, 1.807) is 6.08 Å². The van der Waals surface area contributed by atoms with Gasteiger partial charge in [0.1, 0.15) is 0 Å². The smallest absolute Gasteiger partial charge is 0.198 e. The number of nitrogens with zero attached hydrogens (tertiary/aromatic N) is 1. The molecule has 0 radical (unpaired) electrons. The molecule has 1 nitrogen and oxygen atoms in total. The van der Waals surface area contributed by atoms with Gasteiger partial charge in [0.25, 0.3) is 0 Å². The van der Waals surface area contributed by atoms with Gasteiger partial charge in [0.2, 0.25) is 5.70 Å². The summed E-state index contributed by atoms with van der Waals surface area (Å²) in [6.45, 7) is 8.56. The largest absolute Gasteiger partial charge is 0.204 e. The standard InChI is InChI=1S/C15H16N/c1-3-7-15(4-2)16-11-10-13-8-5-6-9-14(13)12-16/h3-9,12H,1-2,10-11H2/q+1/b15-7+. The third-order valence-electron chi connectivity index (χ3n) is 2.80. The van der Waals surface area contributed by atoms with Crippen LogP contribution in [0.4, 0.5) is 0 Å². The van der Waals surface area contributed by atoms with Crippen molar-refractivity contribution in [3.63, 3.8) is 0 Å². The number of rotatable bonds is 3. The Morgan fingerprint density at radius 3 is 2.81 bits per heavy atom. The summed E-state index contributed by atoms with van der Waals surface area (Å²) in [7, 11) is 0. The Morgan fingerprint density at radius 2 is 2.06 bits per heavy atom. The molecule has 1 aromatic rings. The topological polar surface area (TPSA) is 3.01 Å². The predicted octanol–water partition coefficient (Wildman–Crippen LogP) is 2.93. The normalized spacial score (nSPS) is 15.0. The summed E-state index contributed by atoms with van der Waals surface area (Å²) < 4.78 is 2.22. The minimum Gasteiger partial charge on any atom is -0.198 e.